The van der Waals surface area contributed by atoms with E-state index in [1.807, 2.05) is 55.4 Å². The Morgan fingerprint density at radius 2 is 1.43 bits per heavy atom. The Hall–Kier alpha value is -3.14. The molecule has 0 fully saturated rings. The molecule has 0 saturated carbocycles. The van der Waals surface area contributed by atoms with Gasteiger partial charge >= 0.3 is 14.9 Å². The molecule has 1 rings (SSSR count). The number of benzene rings is 1. The molecule has 0 aromatic heterocycles. The van der Waals surface area contributed by atoms with Gasteiger partial charge in [-0.25, -0.2) is 4.79 Å². The maximum Gasteiger partial charge on any atom is 0.500 e. The van der Waals surface area contributed by atoms with Crippen LogP contribution in [-0.2, 0) is 18.0 Å². The molecule has 1 aromatic carbocycles. The minimum Gasteiger partial charge on any atom is -0.447 e. The van der Waals surface area contributed by atoms with E-state index in [-0.39, 0.29) is 24.6 Å². The van der Waals surface area contributed by atoms with Gasteiger partial charge in [-0.15, -0.1) is 0 Å². The predicted molar refractivity (Wildman–Crippen MR) is 158 cm³/mol. The Morgan fingerprint density at radius 1 is 0.929 bits per heavy atom. The summed E-state index contributed by atoms with van der Waals surface area (Å²) < 4.78 is 23.1. The van der Waals surface area contributed by atoms with Gasteiger partial charge in [-0.3, -0.25) is 25.0 Å². The highest BCUT2D eigenvalue weighted by molar-refractivity contribution is 6.60. The van der Waals surface area contributed by atoms with Crippen LogP contribution in [0.1, 0.15) is 78.6 Å². The highest BCUT2D eigenvalue weighted by Crippen LogP contribution is 2.37. The topological polar surface area (TPSA) is 181 Å². The minimum absolute atomic E-state index is 0.0458. The third-order valence-corrected chi connectivity index (χ3v) is 9.75. The van der Waals surface area contributed by atoms with E-state index < -0.39 is 53.0 Å². The number of amides is 2. The Morgan fingerprint density at radius 3 is 1.83 bits per heavy atom. The number of ether oxygens (including phenoxy) is 1. The normalized spacial score (nSPS) is 13.4. The van der Waals surface area contributed by atoms with Crippen LogP contribution in [-0.4, -0.2) is 69.2 Å². The van der Waals surface area contributed by atoms with Crippen LogP contribution in [0.5, 0.6) is 0 Å². The number of nitrogens with one attached hydrogen (secondary N) is 2. The lowest BCUT2D eigenvalue weighted by atomic mass is 9.69. The SMILES string of the molecule is CCO[Si](CCCNC(=O)OC[C@@](CC(C)C)(NC(=O)c1cc([N+](=O)[O-])cc([N+](=O)[O-])c1)C(C)(C)C)(OCC)OCC. The maximum absolute atomic E-state index is 13.4. The van der Waals surface area contributed by atoms with Gasteiger partial charge in [0, 0.05) is 44.5 Å². The average molecular weight is 615 g/mol. The summed E-state index contributed by atoms with van der Waals surface area (Å²) in [5.41, 5.74) is -3.18. The summed E-state index contributed by atoms with van der Waals surface area (Å²) in [5.74, 6) is -0.713. The van der Waals surface area contributed by atoms with E-state index in [9.17, 15) is 29.8 Å². The fraction of sp³-hybridized carbons (Fsp3) is 0.704. The van der Waals surface area contributed by atoms with Crippen molar-refractivity contribution < 1.29 is 37.5 Å². The molecule has 2 N–H and O–H groups in total. The summed E-state index contributed by atoms with van der Waals surface area (Å²) in [5, 5.41) is 28.3. The molecule has 15 heteroatoms. The first-order valence-corrected chi connectivity index (χ1v) is 16.1. The molecule has 0 aliphatic carbocycles. The molecule has 0 aliphatic rings. The molecule has 1 aromatic rings. The van der Waals surface area contributed by atoms with Crippen LogP contribution < -0.4 is 10.6 Å². The molecule has 0 spiro atoms. The monoisotopic (exact) mass is 614 g/mol. The number of nitro groups is 2. The third kappa shape index (κ3) is 10.9. The van der Waals surface area contributed by atoms with Crippen LogP contribution in [0.25, 0.3) is 0 Å². The van der Waals surface area contributed by atoms with Crippen molar-refractivity contribution in [2.75, 3.05) is 33.0 Å². The highest BCUT2D eigenvalue weighted by Gasteiger charge is 2.45. The smallest absolute Gasteiger partial charge is 0.447 e. The number of alkyl carbamates (subject to hydrolysis) is 1. The van der Waals surface area contributed by atoms with Crippen molar-refractivity contribution in [2.45, 2.75) is 79.8 Å². The number of non-ortho nitro benzene ring substituents is 2. The molecule has 1 atom stereocenters. The van der Waals surface area contributed by atoms with Crippen molar-refractivity contribution in [3.8, 4) is 0 Å². The fourth-order valence-electron chi connectivity index (χ4n) is 4.52. The van der Waals surface area contributed by atoms with E-state index in [0.29, 0.717) is 38.7 Å². The van der Waals surface area contributed by atoms with Crippen molar-refractivity contribution in [1.29, 1.82) is 0 Å². The van der Waals surface area contributed by atoms with E-state index in [0.717, 1.165) is 18.2 Å². The lowest BCUT2D eigenvalue weighted by molar-refractivity contribution is -0.394. The van der Waals surface area contributed by atoms with Gasteiger partial charge in [0.2, 0.25) is 0 Å². The van der Waals surface area contributed by atoms with Crippen LogP contribution in [0.3, 0.4) is 0 Å². The molecule has 14 nitrogen and oxygen atoms in total. The number of rotatable bonds is 18. The molecule has 0 bridgehead atoms. The number of carbonyl (C=O) groups is 2. The van der Waals surface area contributed by atoms with Gasteiger partial charge in [-0.05, 0) is 44.9 Å². The molecule has 0 aliphatic heterocycles. The Bertz CT molecular complexity index is 1030. The van der Waals surface area contributed by atoms with Gasteiger partial charge in [-0.2, -0.15) is 0 Å². The van der Waals surface area contributed by atoms with E-state index in [1.54, 1.807) is 0 Å². The second-order valence-electron chi connectivity index (χ2n) is 11.2. The quantitative estimate of drug-likeness (QED) is 0.0961. The highest BCUT2D eigenvalue weighted by atomic mass is 28.4. The first-order chi connectivity index (χ1) is 19.5. The van der Waals surface area contributed by atoms with E-state index >= 15 is 0 Å². The average Bonchev–Trinajstić information content (AvgIpc) is 2.89. The van der Waals surface area contributed by atoms with Crippen LogP contribution >= 0.6 is 0 Å². The Kier molecular flexibility index (Phi) is 14.5. The van der Waals surface area contributed by atoms with Crippen molar-refractivity contribution >= 4 is 32.2 Å². The molecule has 42 heavy (non-hydrogen) atoms. The van der Waals surface area contributed by atoms with Crippen LogP contribution in [0.4, 0.5) is 16.2 Å². The first-order valence-electron chi connectivity index (χ1n) is 14.1. The molecule has 0 unspecified atom stereocenters. The minimum atomic E-state index is -2.86. The molecule has 0 saturated heterocycles. The van der Waals surface area contributed by atoms with Gasteiger partial charge < -0.3 is 28.6 Å². The lowest BCUT2D eigenvalue weighted by Crippen LogP contribution is -2.61. The lowest BCUT2D eigenvalue weighted by Gasteiger charge is -2.46. The second kappa shape index (κ2) is 16.5. The van der Waals surface area contributed by atoms with Gasteiger partial charge in [-0.1, -0.05) is 34.6 Å². The molecular formula is C27H46N4O10Si. The first kappa shape index (κ1) is 36.9. The molecular weight excluding hydrogens is 568 g/mol. The van der Waals surface area contributed by atoms with Crippen LogP contribution in [0, 0.1) is 31.6 Å². The Balaban J connectivity index is 3.10. The predicted octanol–water partition coefficient (Wildman–Crippen LogP) is 5.23. The van der Waals surface area contributed by atoms with Crippen LogP contribution in [0.15, 0.2) is 18.2 Å². The summed E-state index contributed by atoms with van der Waals surface area (Å²) in [4.78, 5) is 47.2. The van der Waals surface area contributed by atoms with Crippen LogP contribution in [0.2, 0.25) is 6.04 Å². The van der Waals surface area contributed by atoms with Crippen molar-refractivity contribution in [3.63, 3.8) is 0 Å². The summed E-state index contributed by atoms with van der Waals surface area (Å²) in [7, 11) is -2.86. The summed E-state index contributed by atoms with van der Waals surface area (Å²) >= 11 is 0. The number of nitrogens with zero attached hydrogens (tertiary/aromatic N) is 2. The number of hydrogen-bond acceptors (Lipinski definition) is 10. The van der Waals surface area contributed by atoms with Crippen molar-refractivity contribution in [2.24, 2.45) is 11.3 Å². The van der Waals surface area contributed by atoms with Gasteiger partial charge in [0.05, 0.1) is 27.0 Å². The van der Waals surface area contributed by atoms with E-state index in [1.165, 1.54) is 0 Å². The zero-order valence-corrected chi connectivity index (χ0v) is 26.9. The van der Waals surface area contributed by atoms with Crippen molar-refractivity contribution in [1.82, 2.24) is 10.6 Å². The standard InChI is InChI=1S/C27H46N4O10Si/c1-9-39-42(40-10-2,41-11-3)14-12-13-28-25(33)38-19-27(18-20(4)5,26(6,7)8)29-24(32)21-15-22(30(34)35)17-23(16-21)31(36)37/h15-17,20H,9-14,18-19H2,1-8H3,(H,28,33)(H,29,32)/t27-/m1/s1. The second-order valence-corrected chi connectivity index (χ2v) is 14.0. The zero-order chi connectivity index (χ0) is 32.1. The largest absolute Gasteiger partial charge is 0.500 e. The van der Waals surface area contributed by atoms with Gasteiger partial charge in [0.25, 0.3) is 17.3 Å². The van der Waals surface area contributed by atoms with E-state index in [2.05, 4.69) is 10.6 Å². The fourth-order valence-corrected chi connectivity index (χ4v) is 7.13. The number of hydrogen-bond donors (Lipinski definition) is 2. The summed E-state index contributed by atoms with van der Waals surface area (Å²) in [6, 6.07) is 3.26. The molecule has 0 radical (unpaired) electrons. The van der Waals surface area contributed by atoms with E-state index in [4.69, 9.17) is 18.0 Å². The third-order valence-electron chi connectivity index (χ3n) is 6.60. The summed E-state index contributed by atoms with van der Waals surface area (Å²) in [6.07, 6.45) is 0.224. The molecule has 2 amide bonds. The van der Waals surface area contributed by atoms with Crippen molar-refractivity contribution in [3.05, 3.63) is 44.0 Å². The van der Waals surface area contributed by atoms with Gasteiger partial charge in [0.1, 0.15) is 6.61 Å². The number of carbonyl (C=O) groups excluding carboxylic acids is 2. The maximum atomic E-state index is 13.4. The zero-order valence-electron chi connectivity index (χ0n) is 25.9. The molecule has 238 valence electrons. The summed E-state index contributed by atoms with van der Waals surface area (Å²) in [6.45, 7) is 16.5. The number of nitro benzene ring substituents is 2. The molecule has 0 heterocycles. The van der Waals surface area contributed by atoms with Gasteiger partial charge in [0.15, 0.2) is 0 Å². The Labute approximate surface area is 248 Å².